The van der Waals surface area contributed by atoms with E-state index in [-0.39, 0.29) is 0 Å². The van der Waals surface area contributed by atoms with Crippen molar-refractivity contribution in [3.8, 4) is 5.75 Å². The predicted molar refractivity (Wildman–Crippen MR) is 74.9 cm³/mol. The molecule has 1 saturated carbocycles. The summed E-state index contributed by atoms with van der Waals surface area (Å²) in [7, 11) is 0. The van der Waals surface area contributed by atoms with Crippen molar-refractivity contribution in [1.82, 2.24) is 4.98 Å². The van der Waals surface area contributed by atoms with E-state index in [1.54, 1.807) is 6.07 Å². The number of phenols is 1. The summed E-state index contributed by atoms with van der Waals surface area (Å²) in [6.45, 7) is 0. The van der Waals surface area contributed by atoms with Crippen LogP contribution >= 0.6 is 0 Å². The normalized spacial score (nSPS) is 17.3. The zero-order valence-corrected chi connectivity index (χ0v) is 10.8. The highest BCUT2D eigenvalue weighted by molar-refractivity contribution is 5.84. The van der Waals surface area contributed by atoms with Gasteiger partial charge in [0.15, 0.2) is 0 Å². The van der Waals surface area contributed by atoms with Gasteiger partial charge in [-0.25, -0.2) is 0 Å². The average Bonchev–Trinajstić information content (AvgIpc) is 2.80. The van der Waals surface area contributed by atoms with E-state index in [0.717, 1.165) is 17.9 Å². The van der Waals surface area contributed by atoms with Gasteiger partial charge in [-0.15, -0.1) is 0 Å². The second kappa shape index (κ2) is 5.05. The van der Waals surface area contributed by atoms with E-state index in [0.29, 0.717) is 5.75 Å². The highest BCUT2D eigenvalue weighted by Crippen LogP contribution is 2.29. The standard InChI is InChI=1S/C16H21NO/c18-14-8-9-16-15(10-14)13(11-17-16)7-6-12-4-2-1-3-5-12/h8-12,17-18H,1-7H2. The van der Waals surface area contributed by atoms with Crippen LogP contribution in [-0.4, -0.2) is 10.1 Å². The second-order valence-electron chi connectivity index (χ2n) is 5.59. The molecule has 1 fully saturated rings. The zero-order valence-electron chi connectivity index (χ0n) is 10.8. The van der Waals surface area contributed by atoms with Crippen molar-refractivity contribution in [2.24, 2.45) is 5.92 Å². The molecule has 2 N–H and O–H groups in total. The van der Waals surface area contributed by atoms with Gasteiger partial charge in [0, 0.05) is 17.1 Å². The SMILES string of the molecule is Oc1ccc2[nH]cc(CCC3CCCCC3)c2c1. The third-order valence-corrected chi connectivity index (χ3v) is 4.30. The van der Waals surface area contributed by atoms with Crippen LogP contribution in [0.25, 0.3) is 10.9 Å². The number of fused-ring (bicyclic) bond motifs is 1. The molecule has 1 heterocycles. The number of rotatable bonds is 3. The van der Waals surface area contributed by atoms with Gasteiger partial charge in [0.25, 0.3) is 0 Å². The van der Waals surface area contributed by atoms with Crippen LogP contribution in [0.5, 0.6) is 5.75 Å². The van der Waals surface area contributed by atoms with Gasteiger partial charge in [0.1, 0.15) is 5.75 Å². The predicted octanol–water partition coefficient (Wildman–Crippen LogP) is 4.39. The highest BCUT2D eigenvalue weighted by Gasteiger charge is 2.14. The van der Waals surface area contributed by atoms with E-state index >= 15 is 0 Å². The van der Waals surface area contributed by atoms with Gasteiger partial charge >= 0.3 is 0 Å². The van der Waals surface area contributed by atoms with Crippen LogP contribution in [0.3, 0.4) is 0 Å². The van der Waals surface area contributed by atoms with Crippen LogP contribution in [0.4, 0.5) is 0 Å². The Morgan fingerprint density at radius 3 is 2.83 bits per heavy atom. The zero-order chi connectivity index (χ0) is 12.4. The molecule has 18 heavy (non-hydrogen) atoms. The Kier molecular flexibility index (Phi) is 3.26. The van der Waals surface area contributed by atoms with Crippen LogP contribution in [0.15, 0.2) is 24.4 Å². The molecule has 0 atom stereocenters. The smallest absolute Gasteiger partial charge is 0.116 e. The summed E-state index contributed by atoms with van der Waals surface area (Å²) < 4.78 is 0. The number of aromatic hydroxyl groups is 1. The molecule has 0 spiro atoms. The van der Waals surface area contributed by atoms with E-state index in [2.05, 4.69) is 11.2 Å². The Bertz CT molecular complexity index is 523. The molecule has 1 aliphatic rings. The van der Waals surface area contributed by atoms with Crippen LogP contribution in [0.1, 0.15) is 44.1 Å². The largest absolute Gasteiger partial charge is 0.508 e. The van der Waals surface area contributed by atoms with Crippen LogP contribution < -0.4 is 0 Å². The van der Waals surface area contributed by atoms with Gasteiger partial charge in [-0.05, 0) is 42.5 Å². The molecule has 96 valence electrons. The number of benzene rings is 1. The van der Waals surface area contributed by atoms with Crippen molar-refractivity contribution in [3.05, 3.63) is 30.0 Å². The van der Waals surface area contributed by atoms with Gasteiger partial charge < -0.3 is 10.1 Å². The van der Waals surface area contributed by atoms with E-state index < -0.39 is 0 Å². The quantitative estimate of drug-likeness (QED) is 0.824. The Morgan fingerprint density at radius 2 is 2.00 bits per heavy atom. The van der Waals surface area contributed by atoms with Crippen molar-refractivity contribution in [3.63, 3.8) is 0 Å². The topological polar surface area (TPSA) is 36.0 Å². The molecule has 0 bridgehead atoms. The summed E-state index contributed by atoms with van der Waals surface area (Å²) in [5.41, 5.74) is 2.48. The van der Waals surface area contributed by atoms with Crippen molar-refractivity contribution in [2.45, 2.75) is 44.9 Å². The molecular weight excluding hydrogens is 222 g/mol. The third kappa shape index (κ3) is 2.38. The summed E-state index contributed by atoms with van der Waals surface area (Å²) in [4.78, 5) is 3.29. The van der Waals surface area contributed by atoms with Gasteiger partial charge in [0.05, 0.1) is 0 Å². The maximum absolute atomic E-state index is 9.58. The third-order valence-electron chi connectivity index (χ3n) is 4.30. The molecule has 2 heteroatoms. The fourth-order valence-electron chi connectivity index (χ4n) is 3.21. The lowest BCUT2D eigenvalue weighted by molar-refractivity contribution is 0.339. The van der Waals surface area contributed by atoms with Crippen molar-refractivity contribution >= 4 is 10.9 Å². The lowest BCUT2D eigenvalue weighted by Gasteiger charge is -2.21. The molecule has 0 unspecified atom stereocenters. The minimum atomic E-state index is 0.362. The molecular formula is C16H21NO. The minimum absolute atomic E-state index is 0.362. The van der Waals surface area contributed by atoms with E-state index in [1.165, 1.54) is 49.5 Å². The first-order chi connectivity index (χ1) is 8.83. The first-order valence-electron chi connectivity index (χ1n) is 7.12. The second-order valence-corrected chi connectivity index (χ2v) is 5.59. The Balaban J connectivity index is 1.72. The fraction of sp³-hybridized carbons (Fsp3) is 0.500. The Hall–Kier alpha value is -1.44. The molecule has 1 aromatic carbocycles. The Labute approximate surface area is 108 Å². The number of hydrogen-bond acceptors (Lipinski definition) is 1. The number of H-pyrrole nitrogens is 1. The van der Waals surface area contributed by atoms with Gasteiger partial charge in [0.2, 0.25) is 0 Å². The summed E-state index contributed by atoms with van der Waals surface area (Å²) in [6, 6.07) is 5.57. The monoisotopic (exact) mass is 243 g/mol. The van der Waals surface area contributed by atoms with E-state index in [9.17, 15) is 5.11 Å². The summed E-state index contributed by atoms with van der Waals surface area (Å²) in [5, 5.41) is 10.8. The van der Waals surface area contributed by atoms with E-state index in [1.807, 2.05) is 12.1 Å². The molecule has 0 amide bonds. The number of aromatic nitrogens is 1. The summed E-state index contributed by atoms with van der Waals surface area (Å²) in [6.07, 6.45) is 11.6. The van der Waals surface area contributed by atoms with Crippen LogP contribution in [0, 0.1) is 5.92 Å². The molecule has 1 aromatic heterocycles. The van der Waals surface area contributed by atoms with Gasteiger partial charge in [-0.3, -0.25) is 0 Å². The maximum Gasteiger partial charge on any atom is 0.116 e. The summed E-state index contributed by atoms with van der Waals surface area (Å²) >= 11 is 0. The average molecular weight is 243 g/mol. The lowest BCUT2D eigenvalue weighted by Crippen LogP contribution is -2.07. The van der Waals surface area contributed by atoms with Crippen molar-refractivity contribution in [1.29, 1.82) is 0 Å². The van der Waals surface area contributed by atoms with Crippen LogP contribution in [0.2, 0.25) is 0 Å². The molecule has 2 aromatic rings. The van der Waals surface area contributed by atoms with Gasteiger partial charge in [-0.1, -0.05) is 32.1 Å². The lowest BCUT2D eigenvalue weighted by atomic mass is 9.85. The fourth-order valence-corrected chi connectivity index (χ4v) is 3.21. The number of nitrogens with one attached hydrogen (secondary N) is 1. The van der Waals surface area contributed by atoms with E-state index in [4.69, 9.17) is 0 Å². The molecule has 0 radical (unpaired) electrons. The number of aryl methyl sites for hydroxylation is 1. The first-order valence-corrected chi connectivity index (χ1v) is 7.12. The molecule has 1 aliphatic carbocycles. The highest BCUT2D eigenvalue weighted by atomic mass is 16.3. The maximum atomic E-state index is 9.58. The summed E-state index contributed by atoms with van der Waals surface area (Å²) in [5.74, 6) is 1.28. The Morgan fingerprint density at radius 1 is 1.17 bits per heavy atom. The molecule has 0 saturated heterocycles. The van der Waals surface area contributed by atoms with Crippen LogP contribution in [-0.2, 0) is 6.42 Å². The minimum Gasteiger partial charge on any atom is -0.508 e. The van der Waals surface area contributed by atoms with Crippen molar-refractivity contribution in [2.75, 3.05) is 0 Å². The molecule has 2 nitrogen and oxygen atoms in total. The first kappa shape index (κ1) is 11.6. The van der Waals surface area contributed by atoms with Crippen molar-refractivity contribution < 1.29 is 5.11 Å². The molecule has 0 aliphatic heterocycles. The molecule has 3 rings (SSSR count). The number of hydrogen-bond donors (Lipinski definition) is 2. The number of phenolic OH excluding ortho intramolecular Hbond substituents is 1. The van der Waals surface area contributed by atoms with Gasteiger partial charge in [-0.2, -0.15) is 0 Å². The number of aromatic amines is 1.